The molecule has 17 heavy (non-hydrogen) atoms. The molecule has 0 aliphatic carbocycles. The lowest BCUT2D eigenvalue weighted by Gasteiger charge is -2.01. The zero-order valence-electron chi connectivity index (χ0n) is 10.2. The zero-order valence-corrected chi connectivity index (χ0v) is 10.2. The van der Waals surface area contributed by atoms with Gasteiger partial charge in [0.15, 0.2) is 0 Å². The molecule has 0 saturated carbocycles. The summed E-state index contributed by atoms with van der Waals surface area (Å²) in [4.78, 5) is 15.2. The summed E-state index contributed by atoms with van der Waals surface area (Å²) in [7, 11) is 1.56. The van der Waals surface area contributed by atoms with Crippen LogP contribution in [-0.2, 0) is 9.53 Å². The number of aromatic nitrogens is 1. The molecule has 0 amide bonds. The first-order chi connectivity index (χ1) is 8.17. The van der Waals surface area contributed by atoms with Crippen LogP contribution in [0.2, 0.25) is 0 Å². The van der Waals surface area contributed by atoms with Crippen molar-refractivity contribution in [3.05, 3.63) is 23.4 Å². The van der Waals surface area contributed by atoms with Gasteiger partial charge in [0.1, 0.15) is 6.42 Å². The molecule has 0 atom stereocenters. The van der Waals surface area contributed by atoms with E-state index in [1.807, 2.05) is 13.0 Å². The third-order valence-corrected chi connectivity index (χ3v) is 2.03. The van der Waals surface area contributed by atoms with Crippen LogP contribution in [0.15, 0.2) is 12.1 Å². The molecule has 4 heteroatoms. The van der Waals surface area contributed by atoms with Crippen molar-refractivity contribution >= 4 is 5.97 Å². The van der Waals surface area contributed by atoms with E-state index in [0.717, 1.165) is 11.3 Å². The lowest BCUT2D eigenvalue weighted by molar-refractivity contribution is -0.141. The monoisotopic (exact) mass is 233 g/mol. The Morgan fingerprint density at radius 2 is 2.24 bits per heavy atom. The number of hydrogen-bond acceptors (Lipinski definition) is 4. The predicted octanol–water partition coefficient (Wildman–Crippen LogP) is 1.70. The number of nitrogens with zero attached hydrogens (tertiary/aromatic N) is 1. The third kappa shape index (κ3) is 4.15. The van der Waals surface area contributed by atoms with Gasteiger partial charge in [0.25, 0.3) is 0 Å². The molecular formula is C13H15NO3. The van der Waals surface area contributed by atoms with Crippen molar-refractivity contribution in [2.75, 3.05) is 13.7 Å². The molecule has 0 N–H and O–H groups in total. The normalized spacial score (nSPS) is 9.12. The van der Waals surface area contributed by atoms with Gasteiger partial charge in [-0.25, -0.2) is 4.98 Å². The van der Waals surface area contributed by atoms with Gasteiger partial charge in [-0.1, -0.05) is 11.8 Å². The van der Waals surface area contributed by atoms with Gasteiger partial charge in [-0.3, -0.25) is 4.79 Å². The first-order valence-electron chi connectivity index (χ1n) is 5.33. The van der Waals surface area contributed by atoms with Gasteiger partial charge in [0.2, 0.25) is 5.88 Å². The second-order valence-corrected chi connectivity index (χ2v) is 3.27. The second kappa shape index (κ2) is 6.54. The highest BCUT2D eigenvalue weighted by Gasteiger charge is 2.00. The maximum absolute atomic E-state index is 11.1. The van der Waals surface area contributed by atoms with Crippen LogP contribution in [0.1, 0.15) is 24.6 Å². The van der Waals surface area contributed by atoms with Gasteiger partial charge < -0.3 is 9.47 Å². The van der Waals surface area contributed by atoms with Gasteiger partial charge >= 0.3 is 5.97 Å². The molecular weight excluding hydrogens is 218 g/mol. The number of esters is 1. The molecule has 0 aliphatic heterocycles. The molecule has 0 unspecified atom stereocenters. The SMILES string of the molecule is CCOC(=O)CC#Cc1ccc(OC)nc1C. The van der Waals surface area contributed by atoms with Crippen molar-refractivity contribution in [1.82, 2.24) is 4.98 Å². The molecule has 0 spiro atoms. The highest BCUT2D eigenvalue weighted by atomic mass is 16.5. The standard InChI is InChI=1S/C13H15NO3/c1-4-17-13(15)7-5-6-11-8-9-12(16-3)14-10(11)2/h8-9H,4,7H2,1-3H3. The summed E-state index contributed by atoms with van der Waals surface area (Å²) in [6.45, 7) is 3.99. The Bertz CT molecular complexity index is 457. The van der Waals surface area contributed by atoms with Crippen molar-refractivity contribution in [2.24, 2.45) is 0 Å². The zero-order chi connectivity index (χ0) is 12.7. The minimum atomic E-state index is -0.306. The fraction of sp³-hybridized carbons (Fsp3) is 0.385. The van der Waals surface area contributed by atoms with Crippen molar-refractivity contribution in [3.63, 3.8) is 0 Å². The summed E-state index contributed by atoms with van der Waals surface area (Å²) < 4.78 is 9.76. The first-order valence-corrected chi connectivity index (χ1v) is 5.33. The molecule has 1 aromatic heterocycles. The molecule has 0 bridgehead atoms. The molecule has 1 aromatic rings. The van der Waals surface area contributed by atoms with E-state index in [-0.39, 0.29) is 12.4 Å². The van der Waals surface area contributed by atoms with Crippen LogP contribution >= 0.6 is 0 Å². The van der Waals surface area contributed by atoms with E-state index in [2.05, 4.69) is 16.8 Å². The fourth-order valence-corrected chi connectivity index (χ4v) is 1.21. The summed E-state index contributed by atoms with van der Waals surface area (Å²) >= 11 is 0. The quantitative estimate of drug-likeness (QED) is 0.589. The van der Waals surface area contributed by atoms with E-state index < -0.39 is 0 Å². The minimum absolute atomic E-state index is 0.0965. The number of ether oxygens (including phenoxy) is 2. The highest BCUT2D eigenvalue weighted by molar-refractivity contribution is 5.72. The van der Waals surface area contributed by atoms with Crippen LogP contribution in [-0.4, -0.2) is 24.7 Å². The Labute approximate surface area is 101 Å². The number of carbonyl (C=O) groups is 1. The Kier molecular flexibility index (Phi) is 5.02. The molecule has 1 heterocycles. The Morgan fingerprint density at radius 3 is 2.82 bits per heavy atom. The van der Waals surface area contributed by atoms with E-state index in [9.17, 15) is 4.79 Å². The third-order valence-electron chi connectivity index (χ3n) is 2.03. The van der Waals surface area contributed by atoms with E-state index in [4.69, 9.17) is 9.47 Å². The summed E-state index contributed by atoms with van der Waals surface area (Å²) in [5.74, 6) is 5.89. The summed E-state index contributed by atoms with van der Waals surface area (Å²) in [5, 5.41) is 0. The van der Waals surface area contributed by atoms with Crippen LogP contribution < -0.4 is 4.74 Å². The number of pyridine rings is 1. The van der Waals surface area contributed by atoms with E-state index in [0.29, 0.717) is 12.5 Å². The molecule has 4 nitrogen and oxygen atoms in total. The smallest absolute Gasteiger partial charge is 0.317 e. The summed E-state index contributed by atoms with van der Waals surface area (Å²) in [6.07, 6.45) is 0.0965. The highest BCUT2D eigenvalue weighted by Crippen LogP contribution is 2.10. The predicted molar refractivity (Wildman–Crippen MR) is 63.7 cm³/mol. The lowest BCUT2D eigenvalue weighted by Crippen LogP contribution is -2.01. The number of hydrogen-bond donors (Lipinski definition) is 0. The Morgan fingerprint density at radius 1 is 1.47 bits per heavy atom. The van der Waals surface area contributed by atoms with Crippen LogP contribution in [0, 0.1) is 18.8 Å². The largest absolute Gasteiger partial charge is 0.481 e. The lowest BCUT2D eigenvalue weighted by atomic mass is 10.2. The van der Waals surface area contributed by atoms with Gasteiger partial charge in [0.05, 0.1) is 19.4 Å². The van der Waals surface area contributed by atoms with Crippen molar-refractivity contribution in [2.45, 2.75) is 20.3 Å². The topological polar surface area (TPSA) is 48.4 Å². The molecule has 0 saturated heterocycles. The van der Waals surface area contributed by atoms with E-state index in [1.54, 1.807) is 20.1 Å². The summed E-state index contributed by atoms with van der Waals surface area (Å²) in [6, 6.07) is 3.56. The summed E-state index contributed by atoms with van der Waals surface area (Å²) in [5.41, 5.74) is 1.57. The van der Waals surface area contributed by atoms with Crippen LogP contribution in [0.4, 0.5) is 0 Å². The minimum Gasteiger partial charge on any atom is -0.481 e. The van der Waals surface area contributed by atoms with Gasteiger partial charge in [-0.15, -0.1) is 0 Å². The Hall–Kier alpha value is -2.02. The number of carbonyl (C=O) groups excluding carboxylic acids is 1. The number of aryl methyl sites for hydroxylation is 1. The molecule has 0 aliphatic rings. The molecule has 0 radical (unpaired) electrons. The Balaban J connectivity index is 2.69. The number of methoxy groups -OCH3 is 1. The number of rotatable bonds is 3. The fourth-order valence-electron chi connectivity index (χ4n) is 1.21. The van der Waals surface area contributed by atoms with Gasteiger partial charge in [0, 0.05) is 11.6 Å². The van der Waals surface area contributed by atoms with E-state index >= 15 is 0 Å². The molecule has 1 rings (SSSR count). The van der Waals surface area contributed by atoms with Gasteiger partial charge in [-0.05, 0) is 19.9 Å². The van der Waals surface area contributed by atoms with Crippen molar-refractivity contribution < 1.29 is 14.3 Å². The van der Waals surface area contributed by atoms with Crippen LogP contribution in [0.3, 0.4) is 0 Å². The van der Waals surface area contributed by atoms with Gasteiger partial charge in [-0.2, -0.15) is 0 Å². The maximum atomic E-state index is 11.1. The molecule has 0 aromatic carbocycles. The van der Waals surface area contributed by atoms with E-state index in [1.165, 1.54) is 0 Å². The van der Waals surface area contributed by atoms with Crippen molar-refractivity contribution in [1.29, 1.82) is 0 Å². The maximum Gasteiger partial charge on any atom is 0.317 e. The first kappa shape index (κ1) is 13.0. The average molecular weight is 233 g/mol. The average Bonchev–Trinajstić information content (AvgIpc) is 2.31. The molecule has 0 fully saturated rings. The van der Waals surface area contributed by atoms with Crippen LogP contribution in [0.25, 0.3) is 0 Å². The van der Waals surface area contributed by atoms with Crippen molar-refractivity contribution in [3.8, 4) is 17.7 Å². The molecule has 90 valence electrons. The second-order valence-electron chi connectivity index (χ2n) is 3.27. The van der Waals surface area contributed by atoms with Crippen LogP contribution in [0.5, 0.6) is 5.88 Å².